The van der Waals surface area contributed by atoms with Crippen molar-refractivity contribution in [2.45, 2.75) is 13.3 Å². The molecule has 4 nitrogen and oxygen atoms in total. The Morgan fingerprint density at radius 2 is 2.00 bits per heavy atom. The molecule has 1 aromatic heterocycles. The molecule has 1 heterocycles. The van der Waals surface area contributed by atoms with Gasteiger partial charge in [0.2, 0.25) is 0 Å². The predicted molar refractivity (Wildman–Crippen MR) is 69.2 cm³/mol. The van der Waals surface area contributed by atoms with Crippen LogP contribution in [0.5, 0.6) is 0 Å². The Kier molecular flexibility index (Phi) is 4.18. The Bertz CT molecular complexity index is 569. The van der Waals surface area contributed by atoms with E-state index >= 15 is 0 Å². The monoisotopic (exact) mass is 259 g/mol. The van der Waals surface area contributed by atoms with Crippen molar-refractivity contribution < 1.29 is 9.18 Å². The molecule has 0 atom stereocenters. The van der Waals surface area contributed by atoms with Gasteiger partial charge in [-0.15, -0.1) is 0 Å². The number of nitrogens with zero attached hydrogens (tertiary/aromatic N) is 2. The van der Waals surface area contributed by atoms with Crippen LogP contribution in [0.4, 0.5) is 4.39 Å². The van der Waals surface area contributed by atoms with Crippen molar-refractivity contribution in [3.8, 4) is 0 Å². The molecule has 5 heteroatoms. The van der Waals surface area contributed by atoms with Gasteiger partial charge < -0.3 is 5.32 Å². The average molecular weight is 259 g/mol. The van der Waals surface area contributed by atoms with E-state index in [2.05, 4.69) is 15.3 Å². The van der Waals surface area contributed by atoms with Gasteiger partial charge in [-0.2, -0.15) is 0 Å². The zero-order valence-corrected chi connectivity index (χ0v) is 10.6. The van der Waals surface area contributed by atoms with Crippen LogP contribution in [-0.2, 0) is 6.42 Å². The molecule has 0 aliphatic heterocycles. The number of amides is 1. The largest absolute Gasteiger partial charge is 0.350 e. The molecule has 0 aliphatic carbocycles. The number of nitrogens with one attached hydrogen (secondary N) is 1. The number of hydrogen-bond donors (Lipinski definition) is 1. The first-order valence-corrected chi connectivity index (χ1v) is 5.97. The van der Waals surface area contributed by atoms with Gasteiger partial charge in [-0.3, -0.25) is 4.79 Å². The fraction of sp³-hybridized carbons (Fsp3) is 0.214. The third kappa shape index (κ3) is 3.84. The molecule has 0 radical (unpaired) electrons. The van der Waals surface area contributed by atoms with Crippen LogP contribution in [0.1, 0.15) is 21.9 Å². The van der Waals surface area contributed by atoms with Crippen molar-refractivity contribution in [1.82, 2.24) is 15.3 Å². The van der Waals surface area contributed by atoms with E-state index in [0.29, 0.717) is 24.5 Å². The minimum Gasteiger partial charge on any atom is -0.350 e. The molecule has 98 valence electrons. The summed E-state index contributed by atoms with van der Waals surface area (Å²) in [5.41, 5.74) is 1.33. The molecule has 1 aromatic carbocycles. The molecule has 0 saturated carbocycles. The van der Waals surface area contributed by atoms with E-state index in [1.54, 1.807) is 31.3 Å². The molecular formula is C14H14FN3O. The third-order valence-electron chi connectivity index (χ3n) is 2.62. The summed E-state index contributed by atoms with van der Waals surface area (Å²) in [4.78, 5) is 19.7. The minimum absolute atomic E-state index is 0.229. The average Bonchev–Trinajstić information content (AvgIpc) is 2.41. The molecule has 19 heavy (non-hydrogen) atoms. The summed E-state index contributed by atoms with van der Waals surface area (Å²) >= 11 is 0. The molecule has 0 fully saturated rings. The topological polar surface area (TPSA) is 54.9 Å². The van der Waals surface area contributed by atoms with Gasteiger partial charge in [0.25, 0.3) is 5.91 Å². The summed E-state index contributed by atoms with van der Waals surface area (Å²) in [7, 11) is 0. The molecule has 2 aromatic rings. The lowest BCUT2D eigenvalue weighted by atomic mass is 10.1. The van der Waals surface area contributed by atoms with Crippen molar-refractivity contribution in [3.05, 3.63) is 59.4 Å². The fourth-order valence-corrected chi connectivity index (χ4v) is 1.64. The maximum atomic E-state index is 12.7. The van der Waals surface area contributed by atoms with Gasteiger partial charge in [0.1, 0.15) is 17.3 Å². The Morgan fingerprint density at radius 1 is 1.26 bits per heavy atom. The third-order valence-corrected chi connectivity index (χ3v) is 2.62. The molecule has 2 rings (SSSR count). The lowest BCUT2D eigenvalue weighted by Gasteiger charge is -2.05. The molecule has 0 unspecified atom stereocenters. The summed E-state index contributed by atoms with van der Waals surface area (Å²) in [5.74, 6) is 0.0723. The highest BCUT2D eigenvalue weighted by molar-refractivity contribution is 5.92. The highest BCUT2D eigenvalue weighted by atomic mass is 19.1. The van der Waals surface area contributed by atoms with E-state index < -0.39 is 0 Å². The van der Waals surface area contributed by atoms with E-state index in [-0.39, 0.29) is 11.7 Å². The summed E-state index contributed by atoms with van der Waals surface area (Å²) in [5, 5.41) is 2.77. The van der Waals surface area contributed by atoms with Gasteiger partial charge in [0.15, 0.2) is 0 Å². The highest BCUT2D eigenvalue weighted by Crippen LogP contribution is 2.03. The smallest absolute Gasteiger partial charge is 0.270 e. The molecular weight excluding hydrogens is 245 g/mol. The Morgan fingerprint density at radius 3 is 2.68 bits per heavy atom. The van der Waals surface area contributed by atoms with Crippen molar-refractivity contribution in [2.75, 3.05) is 6.54 Å². The Hall–Kier alpha value is -2.30. The Balaban J connectivity index is 1.86. The van der Waals surface area contributed by atoms with Crippen LogP contribution >= 0.6 is 0 Å². The molecule has 1 amide bonds. The number of aryl methyl sites for hydroxylation is 1. The standard InChI is InChI=1S/C14H14FN3O/c1-10-16-9-7-13(18-10)14(19)17-8-6-11-2-4-12(15)5-3-11/h2-5,7,9H,6,8H2,1H3,(H,17,19). The van der Waals surface area contributed by atoms with Gasteiger partial charge in [0.05, 0.1) is 0 Å². The quantitative estimate of drug-likeness (QED) is 0.912. The second-order valence-electron chi connectivity index (χ2n) is 4.12. The molecule has 0 spiro atoms. The molecule has 1 N–H and O–H groups in total. The second kappa shape index (κ2) is 6.04. The second-order valence-corrected chi connectivity index (χ2v) is 4.12. The summed E-state index contributed by atoms with van der Waals surface area (Å²) < 4.78 is 12.7. The number of hydrogen-bond acceptors (Lipinski definition) is 3. The van der Waals surface area contributed by atoms with Crippen molar-refractivity contribution in [3.63, 3.8) is 0 Å². The number of carbonyl (C=O) groups excluding carboxylic acids is 1. The van der Waals surface area contributed by atoms with Crippen LogP contribution < -0.4 is 5.32 Å². The number of benzene rings is 1. The zero-order valence-electron chi connectivity index (χ0n) is 10.6. The summed E-state index contributed by atoms with van der Waals surface area (Å²) in [6.07, 6.45) is 2.20. The SMILES string of the molecule is Cc1nccc(C(=O)NCCc2ccc(F)cc2)n1. The first-order valence-electron chi connectivity index (χ1n) is 5.97. The van der Waals surface area contributed by atoms with Gasteiger partial charge in [-0.1, -0.05) is 12.1 Å². The van der Waals surface area contributed by atoms with Crippen molar-refractivity contribution in [2.24, 2.45) is 0 Å². The first kappa shape index (κ1) is 13.1. The lowest BCUT2D eigenvalue weighted by Crippen LogP contribution is -2.26. The van der Waals surface area contributed by atoms with Crippen LogP contribution in [0.15, 0.2) is 36.5 Å². The lowest BCUT2D eigenvalue weighted by molar-refractivity contribution is 0.0948. The van der Waals surface area contributed by atoms with Gasteiger partial charge in [-0.05, 0) is 37.1 Å². The summed E-state index contributed by atoms with van der Waals surface area (Å²) in [6, 6.07) is 7.79. The van der Waals surface area contributed by atoms with Gasteiger partial charge >= 0.3 is 0 Å². The summed E-state index contributed by atoms with van der Waals surface area (Å²) in [6.45, 7) is 2.21. The van der Waals surface area contributed by atoms with Crippen molar-refractivity contribution in [1.29, 1.82) is 0 Å². The van der Waals surface area contributed by atoms with Crippen LogP contribution in [0.3, 0.4) is 0 Å². The first-order chi connectivity index (χ1) is 9.15. The number of carbonyl (C=O) groups is 1. The van der Waals surface area contributed by atoms with E-state index in [4.69, 9.17) is 0 Å². The fourth-order valence-electron chi connectivity index (χ4n) is 1.64. The maximum Gasteiger partial charge on any atom is 0.270 e. The molecule has 0 aliphatic rings. The van der Waals surface area contributed by atoms with E-state index in [1.165, 1.54) is 12.1 Å². The molecule has 0 bridgehead atoms. The van der Waals surface area contributed by atoms with Crippen LogP contribution in [0, 0.1) is 12.7 Å². The van der Waals surface area contributed by atoms with Crippen LogP contribution in [-0.4, -0.2) is 22.4 Å². The molecule has 0 saturated heterocycles. The number of halogens is 1. The van der Waals surface area contributed by atoms with Gasteiger partial charge in [0, 0.05) is 12.7 Å². The van der Waals surface area contributed by atoms with Gasteiger partial charge in [-0.25, -0.2) is 14.4 Å². The highest BCUT2D eigenvalue weighted by Gasteiger charge is 2.06. The van der Waals surface area contributed by atoms with E-state index in [0.717, 1.165) is 5.56 Å². The zero-order chi connectivity index (χ0) is 13.7. The van der Waals surface area contributed by atoms with Crippen LogP contribution in [0.2, 0.25) is 0 Å². The van der Waals surface area contributed by atoms with E-state index in [9.17, 15) is 9.18 Å². The minimum atomic E-state index is -0.260. The maximum absolute atomic E-state index is 12.7. The van der Waals surface area contributed by atoms with Crippen LogP contribution in [0.25, 0.3) is 0 Å². The predicted octanol–water partition coefficient (Wildman–Crippen LogP) is 1.90. The van der Waals surface area contributed by atoms with E-state index in [1.807, 2.05) is 0 Å². The normalized spacial score (nSPS) is 10.2. The number of aromatic nitrogens is 2. The van der Waals surface area contributed by atoms with Crippen molar-refractivity contribution >= 4 is 5.91 Å². The Labute approximate surface area is 110 Å². The number of rotatable bonds is 4.